The molecule has 2 N–H and O–H groups in total. The van der Waals surface area contributed by atoms with Gasteiger partial charge < -0.3 is 15.4 Å². The fourth-order valence-electron chi connectivity index (χ4n) is 6.39. The Bertz CT molecular complexity index is 1550. The number of hydrogen-bond donors (Lipinski definition) is 1. The van der Waals surface area contributed by atoms with Gasteiger partial charge in [0.05, 0.1) is 6.10 Å². The van der Waals surface area contributed by atoms with Gasteiger partial charge in [-0.3, -0.25) is 9.69 Å². The van der Waals surface area contributed by atoms with Crippen molar-refractivity contribution < 1.29 is 9.53 Å². The lowest BCUT2D eigenvalue weighted by molar-refractivity contribution is -0.119. The van der Waals surface area contributed by atoms with Crippen LogP contribution in [0.4, 0.5) is 0 Å². The molecule has 7 rings (SSSR count). The number of piperazine rings is 1. The monoisotopic (exact) mass is 656 g/mol. The summed E-state index contributed by atoms with van der Waals surface area (Å²) in [5.74, 6) is 1.01. The molecule has 46 heavy (non-hydrogen) atoms. The zero-order chi connectivity index (χ0) is 31.7. The summed E-state index contributed by atoms with van der Waals surface area (Å²) >= 11 is 7.91. The lowest BCUT2D eigenvalue weighted by Gasteiger charge is -2.33. The summed E-state index contributed by atoms with van der Waals surface area (Å²) in [5, 5.41) is 3.31. The first-order chi connectivity index (χ1) is 22.5. The quantitative estimate of drug-likeness (QED) is 0.154. The molecule has 0 radical (unpaired) electrons. The summed E-state index contributed by atoms with van der Waals surface area (Å²) in [6.45, 7) is 6.98. The number of nitrogens with zero attached hydrogens (tertiary/aromatic N) is 3. The molecule has 0 bridgehead atoms. The van der Waals surface area contributed by atoms with E-state index in [1.807, 2.05) is 24.1 Å². The maximum Gasteiger partial charge on any atom is 0.209 e. The van der Waals surface area contributed by atoms with Crippen LogP contribution in [0.1, 0.15) is 44.1 Å². The van der Waals surface area contributed by atoms with Crippen LogP contribution in [0.2, 0.25) is 5.02 Å². The second-order valence-electron chi connectivity index (χ2n) is 12.7. The largest absolute Gasteiger partial charge is 0.490 e. The molecule has 6 nitrogen and oxygen atoms in total. The summed E-state index contributed by atoms with van der Waals surface area (Å²) in [6.07, 6.45) is 8.19. The molecular weight excluding hydrogens is 612 g/mol. The minimum Gasteiger partial charge on any atom is -0.490 e. The number of carbonyl (C=O) groups is 1. The smallest absolute Gasteiger partial charge is 0.209 e. The van der Waals surface area contributed by atoms with Crippen LogP contribution in [0.25, 0.3) is 21.9 Å². The molecule has 2 heterocycles. The normalized spacial score (nSPS) is 18.3. The lowest BCUT2D eigenvalue weighted by Crippen LogP contribution is -2.42. The van der Waals surface area contributed by atoms with Crippen molar-refractivity contribution in [1.82, 2.24) is 14.1 Å². The molecule has 4 aromatic rings. The van der Waals surface area contributed by atoms with Crippen LogP contribution in [0, 0.1) is 0 Å². The Balaban J connectivity index is 0.000000358. The zero-order valence-corrected chi connectivity index (χ0v) is 28.1. The molecule has 2 saturated heterocycles. The van der Waals surface area contributed by atoms with Gasteiger partial charge in [-0.2, -0.15) is 0 Å². The van der Waals surface area contributed by atoms with E-state index in [-0.39, 0.29) is 0 Å². The maximum absolute atomic E-state index is 10.2. The number of fused-ring (bicyclic) bond motifs is 1. The summed E-state index contributed by atoms with van der Waals surface area (Å²) in [5.41, 5.74) is 9.41. The Labute approximate surface area is 283 Å². The molecule has 0 atom stereocenters. The van der Waals surface area contributed by atoms with Gasteiger partial charge in [0.25, 0.3) is 0 Å². The molecule has 1 saturated carbocycles. The van der Waals surface area contributed by atoms with Gasteiger partial charge in [0.15, 0.2) is 0 Å². The van der Waals surface area contributed by atoms with Crippen molar-refractivity contribution in [1.29, 1.82) is 0 Å². The number of rotatable bonds is 8. The molecule has 2 aliphatic heterocycles. The summed E-state index contributed by atoms with van der Waals surface area (Å²) in [7, 11) is 0. The summed E-state index contributed by atoms with van der Waals surface area (Å²) in [6, 6.07) is 30.7. The number of piperidine rings is 1. The van der Waals surface area contributed by atoms with Gasteiger partial charge in [0, 0.05) is 61.8 Å². The molecule has 242 valence electrons. The number of hydrogen-bond acceptors (Lipinski definition) is 6. The number of carbonyl (C=O) groups excluding carboxylic acids is 1. The molecule has 1 aliphatic carbocycles. The van der Waals surface area contributed by atoms with Crippen LogP contribution in [0.5, 0.6) is 5.75 Å². The molecule has 4 aromatic carbocycles. The number of benzene rings is 4. The topological polar surface area (TPSA) is 62.0 Å². The third-order valence-electron chi connectivity index (χ3n) is 9.21. The van der Waals surface area contributed by atoms with Crippen molar-refractivity contribution in [3.63, 3.8) is 0 Å². The number of ether oxygens (including phenoxy) is 1. The van der Waals surface area contributed by atoms with E-state index in [2.05, 4.69) is 82.0 Å². The highest BCUT2D eigenvalue weighted by atomic mass is 35.5. The first kappa shape index (κ1) is 32.9. The Morgan fingerprint density at radius 3 is 2.07 bits per heavy atom. The fourth-order valence-corrected chi connectivity index (χ4v) is 7.47. The minimum atomic E-state index is 0.321. The summed E-state index contributed by atoms with van der Waals surface area (Å²) < 4.78 is 8.69. The molecule has 3 aliphatic rings. The molecule has 0 unspecified atom stereocenters. The molecule has 3 fully saturated rings. The highest BCUT2D eigenvalue weighted by molar-refractivity contribution is 7.97. The van der Waals surface area contributed by atoms with E-state index in [0.29, 0.717) is 12.1 Å². The molecule has 0 aromatic heterocycles. The lowest BCUT2D eigenvalue weighted by atomic mass is 10.0. The van der Waals surface area contributed by atoms with E-state index in [0.717, 1.165) is 75.8 Å². The van der Waals surface area contributed by atoms with E-state index >= 15 is 0 Å². The van der Waals surface area contributed by atoms with E-state index in [1.54, 1.807) is 4.90 Å². The average Bonchev–Trinajstić information content (AvgIpc) is 3.60. The first-order valence-corrected chi connectivity index (χ1v) is 17.8. The van der Waals surface area contributed by atoms with Gasteiger partial charge in [-0.05, 0) is 114 Å². The van der Waals surface area contributed by atoms with Crippen LogP contribution in [-0.2, 0) is 11.3 Å². The van der Waals surface area contributed by atoms with Crippen molar-refractivity contribution in [3.8, 4) is 16.9 Å². The minimum absolute atomic E-state index is 0.321. The number of likely N-dealkylation sites (tertiary alicyclic amines) is 1. The third-order valence-corrected chi connectivity index (χ3v) is 10.6. The van der Waals surface area contributed by atoms with Crippen LogP contribution in [0.15, 0.2) is 89.8 Å². The van der Waals surface area contributed by atoms with Gasteiger partial charge in [0.1, 0.15) is 5.75 Å². The molecule has 0 spiro atoms. The molecule has 1 amide bonds. The van der Waals surface area contributed by atoms with Gasteiger partial charge in [-0.25, -0.2) is 4.31 Å². The highest BCUT2D eigenvalue weighted by Crippen LogP contribution is 2.31. The van der Waals surface area contributed by atoms with Gasteiger partial charge in [-0.1, -0.05) is 60.1 Å². The SMILES string of the molecule is Clc1ccc(-c2ccc(CN3CCN(Sc4ccc5cc(OC6CCCC6)ccc5c4)CC3)cc2)cc1.NC1CCN(C=O)CC1. The Kier molecular flexibility index (Phi) is 11.5. The van der Waals surface area contributed by atoms with E-state index in [1.165, 1.54) is 58.0 Å². The second-order valence-corrected chi connectivity index (χ2v) is 14.3. The molecular formula is C38H45ClN4O2S. The van der Waals surface area contributed by atoms with Crippen molar-refractivity contribution in [2.45, 2.75) is 62.1 Å². The van der Waals surface area contributed by atoms with Crippen LogP contribution in [0.3, 0.4) is 0 Å². The van der Waals surface area contributed by atoms with Crippen LogP contribution >= 0.6 is 23.5 Å². The van der Waals surface area contributed by atoms with E-state index < -0.39 is 0 Å². The van der Waals surface area contributed by atoms with Crippen LogP contribution < -0.4 is 10.5 Å². The Morgan fingerprint density at radius 2 is 1.39 bits per heavy atom. The van der Waals surface area contributed by atoms with Gasteiger partial charge >= 0.3 is 0 Å². The Morgan fingerprint density at radius 1 is 0.761 bits per heavy atom. The standard InChI is InChI=1S/C32H33ClN2OS.C6H12N2O/c33-29-13-9-26(10-14-29)25-7-5-24(6-8-25)23-34-17-19-35(20-18-34)37-32-16-12-27-21-31(15-11-28(27)22-32)36-30-3-1-2-4-30;7-6-1-3-8(5-9)4-2-6/h5-16,21-22,30H,1-4,17-20,23H2;5-6H,1-4,7H2. The first-order valence-electron chi connectivity index (χ1n) is 16.7. The number of amides is 1. The van der Waals surface area contributed by atoms with Crippen molar-refractivity contribution in [3.05, 3.63) is 95.5 Å². The predicted octanol–water partition coefficient (Wildman–Crippen LogP) is 7.87. The third kappa shape index (κ3) is 9.26. The fraction of sp³-hybridized carbons (Fsp3) is 0.395. The highest BCUT2D eigenvalue weighted by Gasteiger charge is 2.19. The average molecular weight is 657 g/mol. The molecule has 8 heteroatoms. The van der Waals surface area contributed by atoms with Crippen molar-refractivity contribution in [2.24, 2.45) is 5.73 Å². The van der Waals surface area contributed by atoms with Crippen molar-refractivity contribution in [2.75, 3.05) is 39.3 Å². The predicted molar refractivity (Wildman–Crippen MR) is 191 cm³/mol. The second kappa shape index (κ2) is 16.2. The van der Waals surface area contributed by atoms with E-state index in [9.17, 15) is 4.79 Å². The zero-order valence-electron chi connectivity index (χ0n) is 26.5. The van der Waals surface area contributed by atoms with Crippen LogP contribution in [-0.4, -0.2) is 71.9 Å². The number of halogens is 1. The Hall–Kier alpha value is -3.07. The van der Waals surface area contributed by atoms with E-state index in [4.69, 9.17) is 22.1 Å². The van der Waals surface area contributed by atoms with Crippen molar-refractivity contribution >= 4 is 40.7 Å². The summed E-state index contributed by atoms with van der Waals surface area (Å²) in [4.78, 5) is 15.8. The van der Waals surface area contributed by atoms with Gasteiger partial charge in [-0.15, -0.1) is 0 Å². The maximum atomic E-state index is 10.2. The number of nitrogens with two attached hydrogens (primary N) is 1. The van der Waals surface area contributed by atoms with Gasteiger partial charge in [0.2, 0.25) is 6.41 Å².